The third kappa shape index (κ3) is 3.86. The van der Waals surface area contributed by atoms with E-state index in [0.29, 0.717) is 18.6 Å². The molecule has 2 amide bonds. The van der Waals surface area contributed by atoms with Crippen LogP contribution in [-0.4, -0.2) is 59.4 Å². The Morgan fingerprint density at radius 3 is 2.72 bits per heavy atom. The van der Waals surface area contributed by atoms with Crippen molar-refractivity contribution >= 4 is 35.6 Å². The number of likely N-dealkylation sites (tertiary alicyclic amines) is 2. The van der Waals surface area contributed by atoms with E-state index in [9.17, 15) is 9.59 Å². The predicted octanol–water partition coefficient (Wildman–Crippen LogP) is 2.52. The number of amides is 2. The molecule has 4 rings (SSSR count). The normalized spacial score (nSPS) is 29.0. The largest absolute Gasteiger partial charge is 0.339 e. The molecule has 3 aliphatic rings. The molecule has 1 aromatic heterocycles. The Labute approximate surface area is 159 Å². The van der Waals surface area contributed by atoms with Gasteiger partial charge in [-0.15, -0.1) is 23.7 Å². The van der Waals surface area contributed by atoms with Crippen LogP contribution in [0.15, 0.2) is 17.5 Å². The van der Waals surface area contributed by atoms with Crippen LogP contribution < -0.4 is 5.32 Å². The van der Waals surface area contributed by atoms with E-state index in [1.54, 1.807) is 0 Å². The predicted molar refractivity (Wildman–Crippen MR) is 101 cm³/mol. The summed E-state index contributed by atoms with van der Waals surface area (Å²) in [4.78, 5) is 30.6. The minimum Gasteiger partial charge on any atom is -0.339 e. The van der Waals surface area contributed by atoms with E-state index >= 15 is 0 Å². The molecule has 0 saturated carbocycles. The molecule has 4 heterocycles. The van der Waals surface area contributed by atoms with Crippen molar-refractivity contribution in [1.29, 1.82) is 0 Å². The van der Waals surface area contributed by atoms with Crippen molar-refractivity contribution in [2.75, 3.05) is 19.6 Å². The van der Waals surface area contributed by atoms with E-state index < -0.39 is 0 Å². The van der Waals surface area contributed by atoms with Crippen LogP contribution in [0.25, 0.3) is 0 Å². The zero-order chi connectivity index (χ0) is 16.5. The van der Waals surface area contributed by atoms with Gasteiger partial charge in [0.15, 0.2) is 0 Å². The summed E-state index contributed by atoms with van der Waals surface area (Å²) in [7, 11) is 0. The number of hydrogen-bond acceptors (Lipinski definition) is 4. The summed E-state index contributed by atoms with van der Waals surface area (Å²) in [5.41, 5.74) is 0. The molecule has 3 atom stereocenters. The molecule has 25 heavy (non-hydrogen) atoms. The third-order valence-corrected chi connectivity index (χ3v) is 6.47. The Balaban J connectivity index is 0.00000182. The number of halogens is 1. The number of nitrogens with zero attached hydrogens (tertiary/aromatic N) is 2. The highest BCUT2D eigenvalue weighted by Gasteiger charge is 2.38. The smallest absolute Gasteiger partial charge is 0.264 e. The highest BCUT2D eigenvalue weighted by Crippen LogP contribution is 2.26. The summed E-state index contributed by atoms with van der Waals surface area (Å²) in [5, 5.41) is 5.55. The number of carbonyl (C=O) groups excluding carboxylic acids is 2. The van der Waals surface area contributed by atoms with E-state index in [1.807, 2.05) is 27.3 Å². The average Bonchev–Trinajstić information content (AvgIpc) is 3.23. The van der Waals surface area contributed by atoms with E-state index in [2.05, 4.69) is 5.32 Å². The summed E-state index contributed by atoms with van der Waals surface area (Å²) in [6.45, 7) is 2.32. The summed E-state index contributed by atoms with van der Waals surface area (Å²) < 4.78 is 0. The maximum atomic E-state index is 13.2. The highest BCUT2D eigenvalue weighted by atomic mass is 35.5. The molecule has 138 valence electrons. The first-order valence-corrected chi connectivity index (χ1v) is 9.99. The Morgan fingerprint density at radius 2 is 1.92 bits per heavy atom. The van der Waals surface area contributed by atoms with Crippen LogP contribution in [0.4, 0.5) is 0 Å². The molecule has 0 spiro atoms. The van der Waals surface area contributed by atoms with Crippen LogP contribution in [0.2, 0.25) is 0 Å². The van der Waals surface area contributed by atoms with Crippen molar-refractivity contribution in [1.82, 2.24) is 15.1 Å². The van der Waals surface area contributed by atoms with Crippen molar-refractivity contribution in [3.8, 4) is 0 Å². The lowest BCUT2D eigenvalue weighted by Gasteiger charge is -2.38. The Bertz CT molecular complexity index is 609. The number of piperidine rings is 1. The fourth-order valence-electron chi connectivity index (χ4n) is 4.33. The lowest BCUT2D eigenvalue weighted by atomic mass is 9.99. The lowest BCUT2D eigenvalue weighted by molar-refractivity contribution is -0.137. The quantitative estimate of drug-likeness (QED) is 0.853. The highest BCUT2D eigenvalue weighted by molar-refractivity contribution is 7.12. The Kier molecular flexibility index (Phi) is 6.02. The van der Waals surface area contributed by atoms with Crippen LogP contribution in [0.1, 0.15) is 48.2 Å². The van der Waals surface area contributed by atoms with Crippen molar-refractivity contribution in [2.45, 2.75) is 56.7 Å². The second-order valence-corrected chi connectivity index (χ2v) is 8.15. The zero-order valence-corrected chi connectivity index (χ0v) is 16.0. The summed E-state index contributed by atoms with van der Waals surface area (Å²) in [5.74, 6) is 0.187. The molecule has 3 saturated heterocycles. The molecule has 5 nitrogen and oxygen atoms in total. The molecular weight excluding hydrogens is 358 g/mol. The zero-order valence-electron chi connectivity index (χ0n) is 14.4. The second kappa shape index (κ2) is 8.06. The first kappa shape index (κ1) is 18.7. The molecule has 0 radical (unpaired) electrons. The van der Waals surface area contributed by atoms with Gasteiger partial charge in [-0.1, -0.05) is 6.07 Å². The molecule has 2 bridgehead atoms. The van der Waals surface area contributed by atoms with Crippen LogP contribution in [-0.2, 0) is 4.79 Å². The molecule has 3 fully saturated rings. The van der Waals surface area contributed by atoms with Crippen LogP contribution in [0.5, 0.6) is 0 Å². The average molecular weight is 384 g/mol. The number of rotatable bonds is 2. The van der Waals surface area contributed by atoms with Crippen molar-refractivity contribution in [3.05, 3.63) is 22.4 Å². The number of thiophene rings is 1. The van der Waals surface area contributed by atoms with Crippen LogP contribution >= 0.6 is 23.7 Å². The van der Waals surface area contributed by atoms with E-state index in [0.717, 1.165) is 50.1 Å². The Hall–Kier alpha value is -1.11. The standard InChI is InChI=1S/C18H25N3O2S.ClH/c22-17(20-10-8-13-6-7-14(12-20)19-13)15-4-1-2-9-21(15)18(23)16-5-3-11-24-16;/h3,5,11,13-15,19H,1-2,4,6-10,12H2;1H. The minimum atomic E-state index is -0.273. The van der Waals surface area contributed by atoms with Gasteiger partial charge in [-0.25, -0.2) is 0 Å². The van der Waals surface area contributed by atoms with Crippen LogP contribution in [0.3, 0.4) is 0 Å². The lowest BCUT2D eigenvalue weighted by Crippen LogP contribution is -2.54. The second-order valence-electron chi connectivity index (χ2n) is 7.20. The van der Waals surface area contributed by atoms with Gasteiger partial charge in [0.05, 0.1) is 4.88 Å². The van der Waals surface area contributed by atoms with Gasteiger partial charge in [-0.3, -0.25) is 9.59 Å². The van der Waals surface area contributed by atoms with Gasteiger partial charge in [-0.05, 0) is 50.0 Å². The molecular formula is C18H26ClN3O2S. The maximum absolute atomic E-state index is 13.2. The minimum absolute atomic E-state index is 0. The van der Waals surface area contributed by atoms with Gasteiger partial charge in [0.2, 0.25) is 5.91 Å². The fraction of sp³-hybridized carbons (Fsp3) is 0.667. The fourth-order valence-corrected chi connectivity index (χ4v) is 5.01. The molecule has 0 aromatic carbocycles. The maximum Gasteiger partial charge on any atom is 0.264 e. The molecule has 3 unspecified atom stereocenters. The van der Waals surface area contributed by atoms with Crippen molar-refractivity contribution in [3.63, 3.8) is 0 Å². The van der Waals surface area contributed by atoms with Gasteiger partial charge in [-0.2, -0.15) is 0 Å². The molecule has 0 aliphatic carbocycles. The van der Waals surface area contributed by atoms with Gasteiger partial charge in [0.25, 0.3) is 5.91 Å². The van der Waals surface area contributed by atoms with Gasteiger partial charge in [0.1, 0.15) is 6.04 Å². The SMILES string of the molecule is Cl.O=C(C1CCCCN1C(=O)c1cccs1)N1CCC2CCC(C1)N2. The van der Waals surface area contributed by atoms with Gasteiger partial charge >= 0.3 is 0 Å². The number of hydrogen-bond donors (Lipinski definition) is 1. The summed E-state index contributed by atoms with van der Waals surface area (Å²) >= 11 is 1.46. The Morgan fingerprint density at radius 1 is 1.08 bits per heavy atom. The third-order valence-electron chi connectivity index (χ3n) is 5.62. The summed E-state index contributed by atoms with van der Waals surface area (Å²) in [6.07, 6.45) is 6.26. The molecule has 1 N–H and O–H groups in total. The number of nitrogens with one attached hydrogen (secondary N) is 1. The van der Waals surface area contributed by atoms with Gasteiger partial charge in [0, 0.05) is 31.7 Å². The number of carbonyl (C=O) groups is 2. The van der Waals surface area contributed by atoms with Crippen molar-refractivity contribution < 1.29 is 9.59 Å². The van der Waals surface area contributed by atoms with E-state index in [-0.39, 0.29) is 30.3 Å². The first-order chi connectivity index (χ1) is 11.7. The van der Waals surface area contributed by atoms with Crippen molar-refractivity contribution in [2.24, 2.45) is 0 Å². The molecule has 7 heteroatoms. The first-order valence-electron chi connectivity index (χ1n) is 9.11. The van der Waals surface area contributed by atoms with E-state index in [1.165, 1.54) is 17.8 Å². The molecule has 3 aliphatic heterocycles. The van der Waals surface area contributed by atoms with Crippen LogP contribution in [0, 0.1) is 0 Å². The van der Waals surface area contributed by atoms with E-state index in [4.69, 9.17) is 0 Å². The monoisotopic (exact) mass is 383 g/mol. The number of fused-ring (bicyclic) bond motifs is 2. The topological polar surface area (TPSA) is 52.7 Å². The summed E-state index contributed by atoms with van der Waals surface area (Å²) in [6, 6.07) is 4.49. The molecule has 1 aromatic rings. The van der Waals surface area contributed by atoms with Gasteiger partial charge < -0.3 is 15.1 Å².